The van der Waals surface area contributed by atoms with E-state index in [4.69, 9.17) is 11.6 Å². The Labute approximate surface area is 131 Å². The third-order valence-corrected chi connectivity index (χ3v) is 4.98. The molecule has 0 radical (unpaired) electrons. The van der Waals surface area contributed by atoms with E-state index in [1.54, 1.807) is 11.3 Å². The first-order valence-corrected chi connectivity index (χ1v) is 8.13. The minimum Gasteiger partial charge on any atom is -0.249 e. The molecule has 21 heavy (non-hydrogen) atoms. The van der Waals surface area contributed by atoms with Crippen LogP contribution >= 0.6 is 22.9 Å². The van der Waals surface area contributed by atoms with Crippen molar-refractivity contribution in [1.82, 2.24) is 20.0 Å². The molecule has 0 atom stereocenters. The van der Waals surface area contributed by atoms with Gasteiger partial charge in [-0.15, -0.1) is 16.4 Å². The highest BCUT2D eigenvalue weighted by Crippen LogP contribution is 2.30. The van der Waals surface area contributed by atoms with E-state index in [0.29, 0.717) is 11.1 Å². The molecule has 0 N–H and O–H groups in total. The van der Waals surface area contributed by atoms with E-state index in [-0.39, 0.29) is 0 Å². The molecule has 4 rings (SSSR count). The van der Waals surface area contributed by atoms with Crippen LogP contribution in [0.15, 0.2) is 24.4 Å². The molecule has 1 aromatic carbocycles. The highest BCUT2D eigenvalue weighted by atomic mass is 35.5. The smallest absolute Gasteiger partial charge is 0.117 e. The van der Waals surface area contributed by atoms with Crippen LogP contribution in [0.5, 0.6) is 0 Å². The zero-order valence-electron chi connectivity index (χ0n) is 11.2. The van der Waals surface area contributed by atoms with Crippen molar-refractivity contribution in [3.63, 3.8) is 0 Å². The fraction of sp³-hybridized carbons (Fsp3) is 0.267. The first-order valence-electron chi connectivity index (χ1n) is 6.94. The van der Waals surface area contributed by atoms with Gasteiger partial charge in [0.15, 0.2) is 0 Å². The summed E-state index contributed by atoms with van der Waals surface area (Å²) in [6.45, 7) is 0. The second-order valence-corrected chi connectivity index (χ2v) is 6.70. The molecule has 6 heteroatoms. The van der Waals surface area contributed by atoms with Crippen LogP contribution in [0, 0.1) is 0 Å². The zero-order chi connectivity index (χ0) is 14.2. The maximum Gasteiger partial charge on any atom is 0.117 e. The molecular formula is C15H13ClN4S. The van der Waals surface area contributed by atoms with Crippen LogP contribution in [0.4, 0.5) is 0 Å². The van der Waals surface area contributed by atoms with Gasteiger partial charge in [0, 0.05) is 5.02 Å². The van der Waals surface area contributed by atoms with Gasteiger partial charge in [-0.25, -0.2) is 9.67 Å². The molecule has 0 bridgehead atoms. The van der Waals surface area contributed by atoms with Crippen LogP contribution in [0.2, 0.25) is 5.02 Å². The van der Waals surface area contributed by atoms with Crippen molar-refractivity contribution in [3.8, 4) is 0 Å². The Bertz CT molecular complexity index is 816. The van der Waals surface area contributed by atoms with Gasteiger partial charge in [-0.2, -0.15) is 0 Å². The zero-order valence-corrected chi connectivity index (χ0v) is 12.8. The van der Waals surface area contributed by atoms with Crippen molar-refractivity contribution in [2.45, 2.75) is 25.3 Å². The Kier molecular flexibility index (Phi) is 3.24. The molecule has 1 saturated carbocycles. The summed E-state index contributed by atoms with van der Waals surface area (Å²) in [5.41, 5.74) is 1.81. The number of hydrogen-bond donors (Lipinski definition) is 0. The standard InChI is InChI=1S/C15H13ClN4S/c16-10-4-6-14-13(8-10)17-15(21-14)7-5-11-9-20(19-18-11)12-2-1-3-12/h4-9,12H,1-3H2/b7-5+. The van der Waals surface area contributed by atoms with Gasteiger partial charge in [0.25, 0.3) is 0 Å². The summed E-state index contributed by atoms with van der Waals surface area (Å²) in [5, 5.41) is 10.0. The lowest BCUT2D eigenvalue weighted by Gasteiger charge is -2.24. The summed E-state index contributed by atoms with van der Waals surface area (Å²) in [6.07, 6.45) is 9.67. The third-order valence-electron chi connectivity index (χ3n) is 3.74. The molecule has 1 aliphatic carbocycles. The van der Waals surface area contributed by atoms with Gasteiger partial charge in [-0.05, 0) is 49.6 Å². The summed E-state index contributed by atoms with van der Waals surface area (Å²) < 4.78 is 3.11. The second kappa shape index (κ2) is 5.24. The van der Waals surface area contributed by atoms with Gasteiger partial charge >= 0.3 is 0 Å². The molecule has 0 amide bonds. The van der Waals surface area contributed by atoms with Gasteiger partial charge in [0.05, 0.1) is 22.5 Å². The normalized spacial score (nSPS) is 15.9. The lowest BCUT2D eigenvalue weighted by atomic mass is 9.93. The first-order chi connectivity index (χ1) is 10.3. The van der Waals surface area contributed by atoms with Gasteiger partial charge in [0.1, 0.15) is 10.7 Å². The van der Waals surface area contributed by atoms with E-state index in [9.17, 15) is 0 Å². The number of nitrogens with zero attached hydrogens (tertiary/aromatic N) is 4. The van der Waals surface area contributed by atoms with Crippen molar-refractivity contribution < 1.29 is 0 Å². The minimum atomic E-state index is 0.546. The Morgan fingerprint density at radius 1 is 1.29 bits per heavy atom. The van der Waals surface area contributed by atoms with E-state index in [0.717, 1.165) is 20.9 Å². The van der Waals surface area contributed by atoms with E-state index in [2.05, 4.69) is 15.3 Å². The number of aromatic nitrogens is 4. The van der Waals surface area contributed by atoms with Gasteiger partial charge < -0.3 is 0 Å². The highest BCUT2D eigenvalue weighted by Gasteiger charge is 2.20. The quantitative estimate of drug-likeness (QED) is 0.717. The van der Waals surface area contributed by atoms with Crippen LogP contribution in [0.3, 0.4) is 0 Å². The lowest BCUT2D eigenvalue weighted by molar-refractivity contribution is 0.284. The largest absolute Gasteiger partial charge is 0.249 e. The van der Waals surface area contributed by atoms with Crippen LogP contribution in [0.1, 0.15) is 36.0 Å². The monoisotopic (exact) mass is 316 g/mol. The SMILES string of the molecule is Clc1ccc2sc(/C=C/c3cn(C4CCC4)nn3)nc2c1. The maximum atomic E-state index is 5.98. The number of fused-ring (bicyclic) bond motifs is 1. The Balaban J connectivity index is 1.56. The van der Waals surface area contributed by atoms with Crippen molar-refractivity contribution >= 4 is 45.3 Å². The molecular weight excluding hydrogens is 304 g/mol. The molecule has 3 aromatic rings. The Morgan fingerprint density at radius 3 is 3.00 bits per heavy atom. The van der Waals surface area contributed by atoms with Crippen molar-refractivity contribution in [3.05, 3.63) is 40.1 Å². The Hall–Kier alpha value is -1.72. The molecule has 2 aromatic heterocycles. The average molecular weight is 317 g/mol. The van der Waals surface area contributed by atoms with Crippen molar-refractivity contribution in [2.24, 2.45) is 0 Å². The molecule has 2 heterocycles. The maximum absolute atomic E-state index is 5.98. The van der Waals surface area contributed by atoms with Gasteiger partial charge in [-0.1, -0.05) is 16.8 Å². The number of halogens is 1. The minimum absolute atomic E-state index is 0.546. The Morgan fingerprint density at radius 2 is 2.19 bits per heavy atom. The summed E-state index contributed by atoms with van der Waals surface area (Å²) in [6, 6.07) is 6.32. The molecule has 0 saturated heterocycles. The second-order valence-electron chi connectivity index (χ2n) is 5.21. The van der Waals surface area contributed by atoms with E-state index in [1.807, 2.05) is 41.2 Å². The lowest BCUT2D eigenvalue weighted by Crippen LogP contribution is -2.17. The van der Waals surface area contributed by atoms with E-state index >= 15 is 0 Å². The fourth-order valence-electron chi connectivity index (χ4n) is 2.34. The number of benzene rings is 1. The van der Waals surface area contributed by atoms with Crippen molar-refractivity contribution in [1.29, 1.82) is 0 Å². The van der Waals surface area contributed by atoms with E-state index < -0.39 is 0 Å². The van der Waals surface area contributed by atoms with Crippen LogP contribution in [-0.4, -0.2) is 20.0 Å². The molecule has 0 aliphatic heterocycles. The summed E-state index contributed by atoms with van der Waals surface area (Å²) in [5.74, 6) is 0. The van der Waals surface area contributed by atoms with Crippen molar-refractivity contribution in [2.75, 3.05) is 0 Å². The van der Waals surface area contributed by atoms with Gasteiger partial charge in [-0.3, -0.25) is 0 Å². The number of thiazole rings is 1. The average Bonchev–Trinajstić information content (AvgIpc) is 3.00. The molecule has 4 nitrogen and oxygen atoms in total. The predicted octanol–water partition coefficient (Wildman–Crippen LogP) is 4.44. The number of hydrogen-bond acceptors (Lipinski definition) is 4. The van der Waals surface area contributed by atoms with Crippen LogP contribution in [0.25, 0.3) is 22.4 Å². The topological polar surface area (TPSA) is 43.6 Å². The summed E-state index contributed by atoms with van der Waals surface area (Å²) >= 11 is 7.62. The predicted molar refractivity (Wildman–Crippen MR) is 86.5 cm³/mol. The number of rotatable bonds is 3. The molecule has 0 unspecified atom stereocenters. The van der Waals surface area contributed by atoms with Crippen LogP contribution < -0.4 is 0 Å². The van der Waals surface area contributed by atoms with E-state index in [1.165, 1.54) is 19.3 Å². The van der Waals surface area contributed by atoms with Crippen LogP contribution in [-0.2, 0) is 0 Å². The molecule has 106 valence electrons. The fourth-order valence-corrected chi connectivity index (χ4v) is 3.36. The first kappa shape index (κ1) is 13.0. The third kappa shape index (κ3) is 2.59. The summed E-state index contributed by atoms with van der Waals surface area (Å²) in [7, 11) is 0. The molecule has 1 aliphatic rings. The molecule has 1 fully saturated rings. The highest BCUT2D eigenvalue weighted by molar-refractivity contribution is 7.19. The van der Waals surface area contributed by atoms with Gasteiger partial charge in [0.2, 0.25) is 0 Å². The summed E-state index contributed by atoms with van der Waals surface area (Å²) in [4.78, 5) is 4.55. The molecule has 0 spiro atoms.